The van der Waals surface area contributed by atoms with Crippen molar-refractivity contribution in [2.24, 2.45) is 0 Å². The number of methoxy groups -OCH3 is 1. The molecule has 0 saturated carbocycles. The molecule has 0 spiro atoms. The number of rotatable bonds is 8. The molecule has 0 radical (unpaired) electrons. The van der Waals surface area contributed by atoms with Gasteiger partial charge in [0, 0.05) is 6.54 Å². The third-order valence-corrected chi connectivity index (χ3v) is 5.60. The molecule has 2 aromatic rings. The zero-order valence-corrected chi connectivity index (χ0v) is 17.0. The van der Waals surface area contributed by atoms with Crippen LogP contribution in [-0.4, -0.2) is 60.9 Å². The van der Waals surface area contributed by atoms with Crippen molar-refractivity contribution in [1.29, 1.82) is 0 Å². The van der Waals surface area contributed by atoms with Gasteiger partial charge in [0.25, 0.3) is 5.91 Å². The molecule has 1 aromatic heterocycles. The highest BCUT2D eigenvalue weighted by molar-refractivity contribution is 7.12. The Morgan fingerprint density at radius 1 is 1.25 bits per heavy atom. The first-order valence-corrected chi connectivity index (χ1v) is 9.93. The monoisotopic (exact) mass is 400 g/mol. The zero-order valence-electron chi connectivity index (χ0n) is 16.2. The van der Waals surface area contributed by atoms with Crippen LogP contribution in [0.1, 0.15) is 27.7 Å². The Kier molecular flexibility index (Phi) is 6.16. The van der Waals surface area contributed by atoms with Crippen molar-refractivity contribution in [1.82, 2.24) is 9.80 Å². The van der Waals surface area contributed by atoms with Gasteiger partial charge in [0.1, 0.15) is 5.75 Å². The number of hydrogen-bond donors (Lipinski definition) is 1. The van der Waals surface area contributed by atoms with Gasteiger partial charge in [-0.05, 0) is 56.2 Å². The summed E-state index contributed by atoms with van der Waals surface area (Å²) in [5, 5.41) is 12.4. The van der Waals surface area contributed by atoms with Gasteiger partial charge in [-0.25, -0.2) is 0 Å². The molecule has 1 aromatic carbocycles. The summed E-state index contributed by atoms with van der Waals surface area (Å²) in [7, 11) is 5.52. The molecule has 1 aliphatic rings. The van der Waals surface area contributed by atoms with Crippen LogP contribution in [0.15, 0.2) is 53.1 Å². The smallest absolute Gasteiger partial charge is 0.290 e. The standard InChI is InChI=1S/C21H24N2O4S/c1-22(2)11-5-12-23-18(14-7-9-15(27-3)10-8-14)17(20(25)21(23)26)19(24)16-6-4-13-28-16/h4,6-10,13,18,25H,5,11-12H2,1-3H3/t18-/m1/s1. The lowest BCUT2D eigenvalue weighted by Gasteiger charge is -2.27. The molecule has 1 amide bonds. The van der Waals surface area contributed by atoms with E-state index >= 15 is 0 Å². The summed E-state index contributed by atoms with van der Waals surface area (Å²) in [5.74, 6) is -0.577. The van der Waals surface area contributed by atoms with Gasteiger partial charge in [-0.15, -0.1) is 11.3 Å². The van der Waals surface area contributed by atoms with Crippen molar-refractivity contribution < 1.29 is 19.4 Å². The molecular formula is C21H24N2O4S. The summed E-state index contributed by atoms with van der Waals surface area (Å²) < 4.78 is 5.21. The van der Waals surface area contributed by atoms with Gasteiger partial charge in [0.2, 0.25) is 5.78 Å². The van der Waals surface area contributed by atoms with E-state index in [9.17, 15) is 14.7 Å². The van der Waals surface area contributed by atoms with Crippen LogP contribution >= 0.6 is 11.3 Å². The molecule has 1 aliphatic heterocycles. The Hall–Kier alpha value is -2.64. The molecular weight excluding hydrogens is 376 g/mol. The quantitative estimate of drug-likeness (QED) is 0.689. The van der Waals surface area contributed by atoms with Crippen LogP contribution < -0.4 is 4.74 Å². The largest absolute Gasteiger partial charge is 0.503 e. The normalized spacial score (nSPS) is 16.9. The topological polar surface area (TPSA) is 70.1 Å². The third-order valence-electron chi connectivity index (χ3n) is 4.73. The minimum Gasteiger partial charge on any atom is -0.503 e. The van der Waals surface area contributed by atoms with Crippen molar-refractivity contribution in [2.45, 2.75) is 12.5 Å². The molecule has 1 N–H and O–H groups in total. The molecule has 6 nitrogen and oxygen atoms in total. The van der Waals surface area contributed by atoms with E-state index in [-0.39, 0.29) is 11.4 Å². The van der Waals surface area contributed by atoms with Gasteiger partial charge in [0.15, 0.2) is 5.76 Å². The van der Waals surface area contributed by atoms with Crippen LogP contribution in [0.5, 0.6) is 5.75 Å². The number of carbonyl (C=O) groups is 2. The molecule has 7 heteroatoms. The first-order chi connectivity index (χ1) is 13.4. The molecule has 0 unspecified atom stereocenters. The number of benzene rings is 1. The van der Waals surface area contributed by atoms with Crippen LogP contribution in [0.25, 0.3) is 0 Å². The summed E-state index contributed by atoms with van der Waals surface area (Å²) in [6.07, 6.45) is 0.735. The number of Topliss-reactive ketones (excluding diaryl/α,β-unsaturated/α-hetero) is 1. The second-order valence-corrected chi connectivity index (χ2v) is 7.85. The Morgan fingerprint density at radius 2 is 1.96 bits per heavy atom. The SMILES string of the molecule is COc1ccc([C@@H]2C(C(=O)c3cccs3)=C(O)C(=O)N2CCCN(C)C)cc1. The molecule has 148 valence electrons. The van der Waals surface area contributed by atoms with E-state index in [0.29, 0.717) is 17.2 Å². The van der Waals surface area contributed by atoms with Gasteiger partial charge in [-0.2, -0.15) is 0 Å². The number of ether oxygens (including phenoxy) is 1. The highest BCUT2D eigenvalue weighted by Gasteiger charge is 2.43. The lowest BCUT2D eigenvalue weighted by atomic mass is 9.95. The van der Waals surface area contributed by atoms with Crippen molar-refractivity contribution in [3.05, 3.63) is 63.6 Å². The Labute approximate surface area is 168 Å². The van der Waals surface area contributed by atoms with E-state index < -0.39 is 17.7 Å². The second kappa shape index (κ2) is 8.58. The lowest BCUT2D eigenvalue weighted by Crippen LogP contribution is -2.33. The summed E-state index contributed by atoms with van der Waals surface area (Å²) in [4.78, 5) is 30.0. The van der Waals surface area contributed by atoms with E-state index in [1.54, 1.807) is 41.7 Å². The number of ketones is 1. The van der Waals surface area contributed by atoms with E-state index in [1.807, 2.05) is 31.1 Å². The number of hydrogen-bond acceptors (Lipinski definition) is 6. The average Bonchev–Trinajstić information content (AvgIpc) is 3.30. The summed E-state index contributed by atoms with van der Waals surface area (Å²) in [6, 6.07) is 10.1. The number of nitrogens with zero attached hydrogens (tertiary/aromatic N) is 2. The number of aliphatic hydroxyl groups is 1. The van der Waals surface area contributed by atoms with Gasteiger partial charge < -0.3 is 19.6 Å². The average molecular weight is 401 g/mol. The minimum atomic E-state index is -0.616. The Balaban J connectivity index is 1.99. The zero-order chi connectivity index (χ0) is 20.3. The van der Waals surface area contributed by atoms with E-state index in [0.717, 1.165) is 18.5 Å². The summed E-state index contributed by atoms with van der Waals surface area (Å²) in [6.45, 7) is 1.24. The summed E-state index contributed by atoms with van der Waals surface area (Å²) in [5.41, 5.74) is 0.908. The highest BCUT2D eigenvalue weighted by atomic mass is 32.1. The first-order valence-electron chi connectivity index (χ1n) is 9.05. The predicted octanol–water partition coefficient (Wildman–Crippen LogP) is 3.29. The number of aliphatic hydroxyl groups excluding tert-OH is 1. The van der Waals surface area contributed by atoms with Crippen molar-refractivity contribution in [2.75, 3.05) is 34.3 Å². The highest BCUT2D eigenvalue weighted by Crippen LogP contribution is 2.39. The molecule has 3 rings (SSSR count). The fourth-order valence-corrected chi connectivity index (χ4v) is 4.02. The maximum atomic E-state index is 13.1. The van der Waals surface area contributed by atoms with E-state index in [4.69, 9.17) is 4.74 Å². The fourth-order valence-electron chi connectivity index (χ4n) is 3.35. The molecule has 0 bridgehead atoms. The van der Waals surface area contributed by atoms with Crippen LogP contribution in [0.2, 0.25) is 0 Å². The van der Waals surface area contributed by atoms with Crippen LogP contribution in [0, 0.1) is 0 Å². The van der Waals surface area contributed by atoms with Gasteiger partial charge in [0.05, 0.1) is 23.6 Å². The molecule has 2 heterocycles. The number of amides is 1. The molecule has 0 saturated heterocycles. The van der Waals surface area contributed by atoms with Crippen LogP contribution in [0.3, 0.4) is 0 Å². The maximum Gasteiger partial charge on any atom is 0.290 e. The Bertz CT molecular complexity index is 872. The molecule has 0 aliphatic carbocycles. The number of thiophene rings is 1. The van der Waals surface area contributed by atoms with Crippen molar-refractivity contribution in [3.63, 3.8) is 0 Å². The van der Waals surface area contributed by atoms with Crippen LogP contribution in [-0.2, 0) is 4.79 Å². The van der Waals surface area contributed by atoms with Gasteiger partial charge in [-0.1, -0.05) is 18.2 Å². The molecule has 28 heavy (non-hydrogen) atoms. The predicted molar refractivity (Wildman–Crippen MR) is 109 cm³/mol. The minimum absolute atomic E-state index is 0.141. The fraction of sp³-hybridized carbons (Fsp3) is 0.333. The van der Waals surface area contributed by atoms with E-state index in [1.165, 1.54) is 11.3 Å². The first kappa shape index (κ1) is 20.1. The van der Waals surface area contributed by atoms with Gasteiger partial charge in [-0.3, -0.25) is 9.59 Å². The molecule has 0 fully saturated rings. The maximum absolute atomic E-state index is 13.1. The van der Waals surface area contributed by atoms with Gasteiger partial charge >= 0.3 is 0 Å². The second-order valence-electron chi connectivity index (χ2n) is 6.90. The third kappa shape index (κ3) is 3.95. The Morgan fingerprint density at radius 3 is 2.54 bits per heavy atom. The van der Waals surface area contributed by atoms with Crippen LogP contribution in [0.4, 0.5) is 0 Å². The summed E-state index contributed by atoms with van der Waals surface area (Å²) >= 11 is 1.30. The molecule has 1 atom stereocenters. The van der Waals surface area contributed by atoms with Crippen molar-refractivity contribution in [3.8, 4) is 5.75 Å². The van der Waals surface area contributed by atoms with Crippen molar-refractivity contribution >= 4 is 23.0 Å². The van der Waals surface area contributed by atoms with E-state index in [2.05, 4.69) is 0 Å². The lowest BCUT2D eigenvalue weighted by molar-refractivity contribution is -0.129. The number of carbonyl (C=O) groups excluding carboxylic acids is 2.